The molecule has 0 bridgehead atoms. The summed E-state index contributed by atoms with van der Waals surface area (Å²) >= 11 is 4.85. The SMILES string of the molecule is CC(=O)C=C(C)O.CC(=O)C=C(C)O.CC(=O)C=C(C)O.CC(=O)C=C(C)O.CC(=O)C=C(C)O.CN(C)c1ccc2[c-]c(-c3nc4ccccc4s3)c(=O)oc2c1.[Ir].[Ir].[Ir].[Ir].[Ir].[c-]1cc2ccccc2cc1-c1nccc2ccccc12.[c-]1ccc2ccccc2c1-c1nc2ccccc2s1.[c-]1ccccc1-c1nc2ccccc2o1.[c-]1ccsc1-c1ccccn1. The van der Waals surface area contributed by atoms with Gasteiger partial charge in [-0.2, -0.15) is 34.8 Å². The summed E-state index contributed by atoms with van der Waals surface area (Å²) in [4.78, 5) is 87.9. The third kappa shape index (κ3) is 37.1. The summed E-state index contributed by atoms with van der Waals surface area (Å²) in [6.07, 6.45) is 9.49. The molecule has 19 nitrogen and oxygen atoms in total. The number of aromatic nitrogens is 5. The first-order valence-corrected chi connectivity index (χ1v) is 40.6. The number of ketones is 5. The zero-order chi connectivity index (χ0) is 88.9. The van der Waals surface area contributed by atoms with Crippen LogP contribution in [-0.2, 0) is 124 Å². The molecule has 0 saturated heterocycles. The number of thiophene rings is 1. The second-order valence-corrected chi connectivity index (χ2v) is 30.1. The van der Waals surface area contributed by atoms with Crippen LogP contribution in [0, 0.1) is 30.3 Å². The predicted octanol–water partition coefficient (Wildman–Crippen LogP) is 24.8. The molecule has 0 amide bonds. The fourth-order valence-corrected chi connectivity index (χ4v) is 13.8. The first-order chi connectivity index (χ1) is 59.0. The molecule has 0 aliphatic heterocycles. The number of rotatable bonds is 11. The van der Waals surface area contributed by atoms with Gasteiger partial charge in [0.15, 0.2) is 28.9 Å². The number of pyridine rings is 2. The Kier molecular flexibility index (Phi) is 49.6. The van der Waals surface area contributed by atoms with Crippen molar-refractivity contribution < 1.29 is 159 Å². The zero-order valence-corrected chi connectivity index (χ0v) is 85.7. The number of carbonyl (C=O) groups excluding carboxylic acids is 5. The van der Waals surface area contributed by atoms with Crippen LogP contribution in [0.5, 0.6) is 0 Å². The molecule has 0 atom stereocenters. The maximum absolute atomic E-state index is 12.3. The van der Waals surface area contributed by atoms with Crippen molar-refractivity contribution in [2.75, 3.05) is 19.0 Å². The van der Waals surface area contributed by atoms with E-state index in [4.69, 9.17) is 39.4 Å². The predicted molar refractivity (Wildman–Crippen MR) is 499 cm³/mol. The Morgan fingerprint density at radius 1 is 0.398 bits per heavy atom. The van der Waals surface area contributed by atoms with Crippen molar-refractivity contribution in [1.82, 2.24) is 24.9 Å². The van der Waals surface area contributed by atoms with Crippen LogP contribution >= 0.6 is 34.0 Å². The Labute approximate surface area is 822 Å². The standard InChI is InChI=1S/C19H12N.C18H13N2O2S.C17H10NS.C13H8NO.C9H6NS.5C5H8O2.5Ir/c1-2-7-16-13-17(10-9-14(16)5-1)19-18-8-4-3-6-15(18)11-12-20-19;1-20(2)12-8-7-11-9-13(18(21)22-15(11)10-12)17-19-14-5-3-4-6-16(14)23-17;1-2-8-13-12(6-1)7-5-9-14(13)17-18-15-10-3-4-11-16(15)19-17;1-2-6-10(7-3-1)13-14-11-8-4-5-9-12(11)15-13;1-2-6-10-8(4-1)9-5-3-7-11-9;5*1-4(6)3-5(2)7;;;;;/h1-9,11-13H;3-8,10H,1-2H3;1-8,10-11H;1-6,8-9H;1-4,6-7H;5*3,6H,1-2H3;;;;;/q5*-1;;;;;;;;;;. The fourth-order valence-electron chi connectivity index (χ4n) is 11.2. The Bertz CT molecular complexity index is 6380. The molecule has 5 N–H and O–H groups in total. The summed E-state index contributed by atoms with van der Waals surface area (Å²) in [6.45, 7) is 14.2. The van der Waals surface area contributed by atoms with E-state index in [1.165, 1.54) is 148 Å². The minimum absolute atomic E-state index is 0. The Hall–Kier alpha value is -11.5. The van der Waals surface area contributed by atoms with Gasteiger partial charge in [-0.1, -0.05) is 154 Å². The van der Waals surface area contributed by atoms with E-state index in [0.29, 0.717) is 22.0 Å². The van der Waals surface area contributed by atoms with E-state index in [1.54, 1.807) is 28.9 Å². The number of nitrogens with zero attached hydrogens (tertiary/aromatic N) is 6. The van der Waals surface area contributed by atoms with Crippen LogP contribution in [0.4, 0.5) is 5.69 Å². The number of hydrogen-bond acceptors (Lipinski definition) is 22. The second-order valence-electron chi connectivity index (χ2n) is 27.1. The van der Waals surface area contributed by atoms with Crippen molar-refractivity contribution in [1.29, 1.82) is 0 Å². The summed E-state index contributed by atoms with van der Waals surface area (Å²) in [5, 5.41) is 53.5. The molecule has 17 aromatic rings. The van der Waals surface area contributed by atoms with Crippen molar-refractivity contribution in [3.8, 4) is 54.4 Å². The molecule has 27 heteroatoms. The maximum atomic E-state index is 12.3. The number of fused-ring (bicyclic) bond motifs is 7. The first-order valence-electron chi connectivity index (χ1n) is 38.1. The van der Waals surface area contributed by atoms with E-state index < -0.39 is 5.63 Å². The van der Waals surface area contributed by atoms with E-state index in [0.717, 1.165) is 75.9 Å². The van der Waals surface area contributed by atoms with Gasteiger partial charge in [0, 0.05) is 177 Å². The molecule has 0 fully saturated rings. The van der Waals surface area contributed by atoms with Crippen LogP contribution in [0.3, 0.4) is 0 Å². The van der Waals surface area contributed by atoms with E-state index in [2.05, 4.69) is 147 Å². The Morgan fingerprint density at radius 2 is 0.883 bits per heavy atom. The van der Waals surface area contributed by atoms with Crippen molar-refractivity contribution in [2.45, 2.75) is 69.2 Å². The largest absolute Gasteiger partial charge is 0.512 e. The smallest absolute Gasteiger partial charge is 0.269 e. The van der Waals surface area contributed by atoms with E-state index in [9.17, 15) is 28.8 Å². The molecule has 0 spiro atoms. The average Bonchev–Trinajstić information content (AvgIpc) is 1.39. The van der Waals surface area contributed by atoms with Gasteiger partial charge in [-0.3, -0.25) is 43.7 Å². The molecular formula is C101H89Ir5N6O13S3-5. The molecule has 7 heterocycles. The quantitative estimate of drug-likeness (QED) is 0.0348. The molecular weight excluding hydrogens is 2560 g/mol. The Morgan fingerprint density at radius 3 is 1.37 bits per heavy atom. The van der Waals surface area contributed by atoms with E-state index in [-0.39, 0.29) is 158 Å². The normalized spacial score (nSPS) is 10.6. The molecule has 0 unspecified atom stereocenters. The van der Waals surface area contributed by atoms with Crippen LogP contribution in [0.2, 0.25) is 0 Å². The third-order valence-electron chi connectivity index (χ3n) is 16.2. The minimum Gasteiger partial charge on any atom is -0.512 e. The monoisotopic (exact) mass is 2650 g/mol. The summed E-state index contributed by atoms with van der Waals surface area (Å²) < 4.78 is 13.4. The number of oxazole rings is 1. The van der Waals surface area contributed by atoms with E-state index in [1.807, 2.05) is 176 Å². The zero-order valence-electron chi connectivity index (χ0n) is 71.3. The average molecular weight is 2650 g/mol. The van der Waals surface area contributed by atoms with Gasteiger partial charge < -0.3 is 49.2 Å². The van der Waals surface area contributed by atoms with Crippen molar-refractivity contribution in [2.24, 2.45) is 0 Å². The van der Waals surface area contributed by atoms with Crippen molar-refractivity contribution in [3.63, 3.8) is 0 Å². The molecule has 10 aromatic carbocycles. The van der Waals surface area contributed by atoms with Gasteiger partial charge in [-0.25, -0.2) is 11.3 Å². The number of para-hydroxylation sites is 4. The summed E-state index contributed by atoms with van der Waals surface area (Å²) in [5.74, 6) is 0.310. The molecule has 0 aliphatic carbocycles. The van der Waals surface area contributed by atoms with Gasteiger partial charge in [-0.05, 0) is 152 Å². The van der Waals surface area contributed by atoms with Gasteiger partial charge in [0.1, 0.15) is 11.5 Å². The van der Waals surface area contributed by atoms with Gasteiger partial charge >= 0.3 is 0 Å². The second kappa shape index (κ2) is 57.4. The van der Waals surface area contributed by atoms with Gasteiger partial charge in [0.2, 0.25) is 0 Å². The number of allylic oxidation sites excluding steroid dienone is 10. The number of carbonyl (C=O) groups is 5. The molecule has 17 rings (SSSR count). The number of aliphatic hydroxyl groups excluding tert-OH is 5. The number of hydrogen-bond donors (Lipinski definition) is 5. The van der Waals surface area contributed by atoms with Crippen LogP contribution in [0.1, 0.15) is 69.2 Å². The molecule has 0 saturated carbocycles. The van der Waals surface area contributed by atoms with Gasteiger partial charge in [-0.15, -0.1) is 106 Å². The topological polar surface area (TPSA) is 298 Å². The number of thiazole rings is 2. The number of anilines is 1. The van der Waals surface area contributed by atoms with Crippen LogP contribution in [-0.4, -0.2) is 93.5 Å². The molecule has 7 aromatic heterocycles. The molecule has 669 valence electrons. The Balaban J connectivity index is 0.000000378. The first kappa shape index (κ1) is 111. The van der Waals surface area contributed by atoms with Crippen LogP contribution < -0.4 is 10.5 Å². The van der Waals surface area contributed by atoms with E-state index >= 15 is 0 Å². The number of benzene rings is 10. The van der Waals surface area contributed by atoms with Crippen LogP contribution in [0.25, 0.3) is 129 Å². The van der Waals surface area contributed by atoms with Gasteiger partial charge in [0.25, 0.3) is 5.63 Å². The molecule has 128 heavy (non-hydrogen) atoms. The van der Waals surface area contributed by atoms with Crippen molar-refractivity contribution in [3.05, 3.63) is 360 Å². The molecule has 0 aliphatic rings. The van der Waals surface area contributed by atoms with Crippen LogP contribution in [0.15, 0.2) is 333 Å². The maximum Gasteiger partial charge on any atom is 0.269 e. The third-order valence-corrected chi connectivity index (χ3v) is 19.1. The summed E-state index contributed by atoms with van der Waals surface area (Å²) in [6, 6.07) is 96.4. The van der Waals surface area contributed by atoms with Crippen molar-refractivity contribution >= 4 is 143 Å². The molecule has 5 radical (unpaired) electrons. The van der Waals surface area contributed by atoms with Gasteiger partial charge in [0.05, 0.1) is 55.9 Å². The summed E-state index contributed by atoms with van der Waals surface area (Å²) in [5.41, 5.74) is 10.1. The fraction of sp³-hybridized carbons (Fsp3) is 0.119. The summed E-state index contributed by atoms with van der Waals surface area (Å²) in [7, 11) is 3.89. The minimum atomic E-state index is -0.410. The number of aliphatic hydroxyl groups is 5.